The van der Waals surface area contributed by atoms with Gasteiger partial charge in [-0.25, -0.2) is 15.0 Å². The highest BCUT2D eigenvalue weighted by Gasteiger charge is 2.18. The fraction of sp³-hybridized carbons (Fsp3) is 0.0870. The van der Waals surface area contributed by atoms with Crippen LogP contribution in [0.25, 0.3) is 27.8 Å². The predicted octanol–water partition coefficient (Wildman–Crippen LogP) is 3.43. The van der Waals surface area contributed by atoms with Gasteiger partial charge in [0, 0.05) is 49.2 Å². The van der Waals surface area contributed by atoms with E-state index >= 15 is 0 Å². The number of carbonyl (C=O) groups excluding carboxylic acids is 1. The minimum Gasteiger partial charge on any atom is -0.351 e. The second-order valence-electron chi connectivity index (χ2n) is 7.23. The van der Waals surface area contributed by atoms with Crippen molar-refractivity contribution in [1.82, 2.24) is 23.9 Å². The molecule has 8 heteroatoms. The van der Waals surface area contributed by atoms with Gasteiger partial charge in [-0.1, -0.05) is 6.07 Å². The summed E-state index contributed by atoms with van der Waals surface area (Å²) in [7, 11) is 3.64. The first kappa shape index (κ1) is 18.5. The van der Waals surface area contributed by atoms with E-state index in [4.69, 9.17) is 5.26 Å². The smallest absolute Gasteiger partial charge is 0.279 e. The fourth-order valence-corrected chi connectivity index (χ4v) is 3.58. The molecule has 0 radical (unpaired) electrons. The Labute approximate surface area is 177 Å². The molecule has 0 atom stereocenters. The van der Waals surface area contributed by atoms with Crippen molar-refractivity contribution in [3.05, 3.63) is 78.6 Å². The van der Waals surface area contributed by atoms with Crippen LogP contribution in [-0.2, 0) is 7.05 Å². The van der Waals surface area contributed by atoms with Crippen molar-refractivity contribution in [3.63, 3.8) is 0 Å². The standard InChI is InChI=1S/C23H17N7O/c1-28-8-7-17-9-16(4-5-19(17)28)20-12-27-22-13-25-18(14-30(20)22)23(31)29(2)21-6-3-15(10-24)11-26-21/h3-9,11-14H,1-2H3. The van der Waals surface area contributed by atoms with Crippen LogP contribution in [0.4, 0.5) is 5.82 Å². The number of benzene rings is 1. The molecule has 31 heavy (non-hydrogen) atoms. The molecule has 150 valence electrons. The summed E-state index contributed by atoms with van der Waals surface area (Å²) in [5.74, 6) is 0.128. The Bertz CT molecular complexity index is 1490. The summed E-state index contributed by atoms with van der Waals surface area (Å²) >= 11 is 0. The summed E-state index contributed by atoms with van der Waals surface area (Å²) in [5.41, 5.74) is 4.36. The highest BCUT2D eigenvalue weighted by atomic mass is 16.2. The van der Waals surface area contributed by atoms with Crippen molar-refractivity contribution in [2.45, 2.75) is 0 Å². The molecule has 0 aliphatic rings. The van der Waals surface area contributed by atoms with Crippen molar-refractivity contribution in [2.24, 2.45) is 7.05 Å². The molecule has 0 saturated heterocycles. The molecule has 0 N–H and O–H groups in total. The molecule has 1 amide bonds. The summed E-state index contributed by atoms with van der Waals surface area (Å²) in [6.07, 6.45) is 8.51. The number of imidazole rings is 1. The Kier molecular flexibility index (Phi) is 4.22. The third-order valence-corrected chi connectivity index (χ3v) is 5.32. The summed E-state index contributed by atoms with van der Waals surface area (Å²) in [5, 5.41) is 10.1. The van der Waals surface area contributed by atoms with Gasteiger partial charge in [0.05, 0.1) is 23.7 Å². The van der Waals surface area contributed by atoms with Gasteiger partial charge in [0.1, 0.15) is 17.6 Å². The molecule has 0 spiro atoms. The van der Waals surface area contributed by atoms with E-state index in [0.717, 1.165) is 22.2 Å². The number of nitrogens with zero attached hydrogens (tertiary/aromatic N) is 7. The number of amides is 1. The molecule has 0 aliphatic heterocycles. The largest absolute Gasteiger partial charge is 0.351 e. The van der Waals surface area contributed by atoms with Gasteiger partial charge < -0.3 is 4.57 Å². The molecule has 0 bridgehead atoms. The molecule has 1 aromatic carbocycles. The Morgan fingerprint density at radius 2 is 1.94 bits per heavy atom. The highest BCUT2D eigenvalue weighted by molar-refractivity contribution is 6.03. The number of fused-ring (bicyclic) bond motifs is 2. The second kappa shape index (κ2) is 7.07. The lowest BCUT2D eigenvalue weighted by atomic mass is 10.1. The number of aromatic nitrogens is 5. The van der Waals surface area contributed by atoms with Crippen molar-refractivity contribution >= 4 is 28.3 Å². The Morgan fingerprint density at radius 1 is 1.06 bits per heavy atom. The molecule has 4 heterocycles. The van der Waals surface area contributed by atoms with Gasteiger partial charge in [0.2, 0.25) is 0 Å². The van der Waals surface area contributed by atoms with Crippen molar-refractivity contribution in [2.75, 3.05) is 11.9 Å². The topological polar surface area (TPSA) is 92.1 Å². The van der Waals surface area contributed by atoms with Crippen LogP contribution in [-0.4, -0.2) is 36.9 Å². The highest BCUT2D eigenvalue weighted by Crippen LogP contribution is 2.26. The van der Waals surface area contributed by atoms with Crippen LogP contribution in [0.3, 0.4) is 0 Å². The zero-order valence-electron chi connectivity index (χ0n) is 16.9. The van der Waals surface area contributed by atoms with E-state index in [0.29, 0.717) is 17.0 Å². The van der Waals surface area contributed by atoms with E-state index in [1.807, 2.05) is 29.8 Å². The summed E-state index contributed by atoms with van der Waals surface area (Å²) in [6.45, 7) is 0. The Morgan fingerprint density at radius 3 is 2.71 bits per heavy atom. The molecule has 0 aliphatic carbocycles. The molecule has 5 rings (SSSR count). The Hall–Kier alpha value is -4.51. The number of nitriles is 1. The monoisotopic (exact) mass is 407 g/mol. The normalized spacial score (nSPS) is 11.0. The quantitative estimate of drug-likeness (QED) is 0.457. The number of hydrogen-bond acceptors (Lipinski definition) is 5. The first-order valence-corrected chi connectivity index (χ1v) is 9.58. The summed E-state index contributed by atoms with van der Waals surface area (Å²) < 4.78 is 3.94. The zero-order chi connectivity index (χ0) is 21.5. The van der Waals surface area contributed by atoms with E-state index in [1.54, 1.807) is 37.8 Å². The number of hydrogen-bond donors (Lipinski definition) is 0. The van der Waals surface area contributed by atoms with Crippen LogP contribution in [0.1, 0.15) is 16.1 Å². The van der Waals surface area contributed by atoms with Crippen LogP contribution in [0, 0.1) is 11.3 Å². The molecule has 0 fully saturated rings. The third kappa shape index (κ3) is 3.09. The first-order valence-electron chi connectivity index (χ1n) is 9.58. The van der Waals surface area contributed by atoms with Crippen LogP contribution in [0.2, 0.25) is 0 Å². The molecular formula is C23H17N7O. The van der Waals surface area contributed by atoms with E-state index in [-0.39, 0.29) is 11.6 Å². The van der Waals surface area contributed by atoms with Gasteiger partial charge in [0.15, 0.2) is 5.65 Å². The minimum absolute atomic E-state index is 0.265. The van der Waals surface area contributed by atoms with Crippen molar-refractivity contribution in [3.8, 4) is 17.3 Å². The molecule has 5 aromatic rings. The van der Waals surface area contributed by atoms with Gasteiger partial charge in [-0.15, -0.1) is 0 Å². The van der Waals surface area contributed by atoms with Gasteiger partial charge in [0.25, 0.3) is 5.91 Å². The van der Waals surface area contributed by atoms with Crippen molar-refractivity contribution in [1.29, 1.82) is 5.26 Å². The van der Waals surface area contributed by atoms with Gasteiger partial charge in [-0.2, -0.15) is 5.26 Å². The average molecular weight is 407 g/mol. The van der Waals surface area contributed by atoms with Crippen LogP contribution < -0.4 is 4.90 Å². The van der Waals surface area contributed by atoms with Crippen LogP contribution in [0.5, 0.6) is 0 Å². The third-order valence-electron chi connectivity index (χ3n) is 5.32. The number of anilines is 1. The predicted molar refractivity (Wildman–Crippen MR) is 117 cm³/mol. The number of pyridine rings is 1. The van der Waals surface area contributed by atoms with E-state index in [9.17, 15) is 4.79 Å². The zero-order valence-corrected chi connectivity index (χ0v) is 16.9. The van der Waals surface area contributed by atoms with Gasteiger partial charge >= 0.3 is 0 Å². The lowest BCUT2D eigenvalue weighted by Gasteiger charge is -2.15. The summed E-state index contributed by atoms with van der Waals surface area (Å²) in [6, 6.07) is 13.6. The van der Waals surface area contributed by atoms with Gasteiger partial charge in [-0.3, -0.25) is 14.1 Å². The van der Waals surface area contributed by atoms with Crippen molar-refractivity contribution < 1.29 is 4.79 Å². The fourth-order valence-electron chi connectivity index (χ4n) is 3.58. The lowest BCUT2D eigenvalue weighted by Crippen LogP contribution is -2.28. The summed E-state index contributed by atoms with van der Waals surface area (Å²) in [4.78, 5) is 27.3. The van der Waals surface area contributed by atoms with E-state index < -0.39 is 0 Å². The number of carbonyl (C=O) groups is 1. The Balaban J connectivity index is 1.53. The SMILES string of the molecule is CN(C(=O)c1cn2c(-c3ccc4c(ccn4C)c3)cnc2cn1)c1ccc(C#N)cn1. The number of rotatable bonds is 3. The minimum atomic E-state index is -0.308. The average Bonchev–Trinajstić information content (AvgIpc) is 3.41. The van der Waals surface area contributed by atoms with Crippen LogP contribution >= 0.6 is 0 Å². The molecule has 0 saturated carbocycles. The molecule has 0 unspecified atom stereocenters. The maximum Gasteiger partial charge on any atom is 0.279 e. The molecule has 4 aromatic heterocycles. The maximum absolute atomic E-state index is 13.0. The second-order valence-corrected chi connectivity index (χ2v) is 7.23. The van der Waals surface area contributed by atoms with E-state index in [2.05, 4.69) is 37.7 Å². The number of aryl methyl sites for hydroxylation is 1. The van der Waals surface area contributed by atoms with Crippen LogP contribution in [0.15, 0.2) is 67.4 Å². The lowest BCUT2D eigenvalue weighted by molar-refractivity contribution is 0.0987. The first-order chi connectivity index (χ1) is 15.0. The maximum atomic E-state index is 13.0. The van der Waals surface area contributed by atoms with Gasteiger partial charge in [-0.05, 0) is 30.3 Å². The molecule has 8 nitrogen and oxygen atoms in total. The molecular weight excluding hydrogens is 390 g/mol. The van der Waals surface area contributed by atoms with E-state index in [1.165, 1.54) is 11.1 Å².